The van der Waals surface area contributed by atoms with Gasteiger partial charge < -0.3 is 5.32 Å². The topological polar surface area (TPSA) is 29.1 Å². The maximum absolute atomic E-state index is 13.1. The molecule has 0 spiro atoms. The third-order valence-corrected chi connectivity index (χ3v) is 4.11. The maximum Gasteiger partial charge on any atom is 0.255 e. The third kappa shape index (κ3) is 3.27. The molecule has 0 heterocycles. The Labute approximate surface area is 133 Å². The number of aryl methyl sites for hydroxylation is 2. The third-order valence-electron chi connectivity index (χ3n) is 2.86. The van der Waals surface area contributed by atoms with E-state index in [0.29, 0.717) is 16.8 Å². The molecular formula is C15H12Br2FNO. The van der Waals surface area contributed by atoms with Crippen LogP contribution < -0.4 is 5.32 Å². The van der Waals surface area contributed by atoms with Gasteiger partial charge in [0.15, 0.2) is 0 Å². The SMILES string of the molecule is Cc1cc(Br)c(NC(=O)c2ccc(F)cc2C)c(Br)c1. The van der Waals surface area contributed by atoms with Crippen molar-refractivity contribution in [1.82, 2.24) is 0 Å². The molecule has 0 saturated heterocycles. The van der Waals surface area contributed by atoms with Crippen molar-refractivity contribution < 1.29 is 9.18 Å². The van der Waals surface area contributed by atoms with E-state index in [-0.39, 0.29) is 11.7 Å². The summed E-state index contributed by atoms with van der Waals surface area (Å²) in [6.07, 6.45) is 0. The Bertz CT molecular complexity index is 663. The number of halogens is 3. The lowest BCUT2D eigenvalue weighted by molar-refractivity contribution is 0.102. The summed E-state index contributed by atoms with van der Waals surface area (Å²) in [6.45, 7) is 3.67. The molecule has 2 aromatic rings. The van der Waals surface area contributed by atoms with Crippen LogP contribution in [0.3, 0.4) is 0 Å². The minimum Gasteiger partial charge on any atom is -0.320 e. The van der Waals surface area contributed by atoms with Gasteiger partial charge in [-0.2, -0.15) is 0 Å². The van der Waals surface area contributed by atoms with Crippen LogP contribution in [0.1, 0.15) is 21.5 Å². The van der Waals surface area contributed by atoms with E-state index in [1.165, 1.54) is 18.2 Å². The van der Waals surface area contributed by atoms with Gasteiger partial charge >= 0.3 is 0 Å². The predicted molar refractivity (Wildman–Crippen MR) is 85.7 cm³/mol. The van der Waals surface area contributed by atoms with E-state index < -0.39 is 0 Å². The first kappa shape index (κ1) is 15.2. The Balaban J connectivity index is 2.33. The molecule has 0 bridgehead atoms. The van der Waals surface area contributed by atoms with E-state index in [0.717, 1.165) is 14.5 Å². The molecule has 0 fully saturated rings. The normalized spacial score (nSPS) is 10.4. The Morgan fingerprint density at radius 1 is 1.10 bits per heavy atom. The summed E-state index contributed by atoms with van der Waals surface area (Å²) in [5.41, 5.74) is 2.77. The van der Waals surface area contributed by atoms with Crippen LogP contribution in [-0.4, -0.2) is 5.91 Å². The second-order valence-electron chi connectivity index (χ2n) is 4.52. The summed E-state index contributed by atoms with van der Waals surface area (Å²) in [5.74, 6) is -0.621. The zero-order chi connectivity index (χ0) is 14.9. The van der Waals surface area contributed by atoms with Gasteiger partial charge in [0, 0.05) is 14.5 Å². The highest BCUT2D eigenvalue weighted by Gasteiger charge is 2.14. The van der Waals surface area contributed by atoms with Gasteiger partial charge in [0.25, 0.3) is 5.91 Å². The smallest absolute Gasteiger partial charge is 0.255 e. The molecule has 0 aromatic heterocycles. The summed E-state index contributed by atoms with van der Waals surface area (Å²) in [7, 11) is 0. The van der Waals surface area contributed by atoms with Gasteiger partial charge in [0.05, 0.1) is 5.69 Å². The molecule has 0 aliphatic carbocycles. The van der Waals surface area contributed by atoms with Gasteiger partial charge in [0.2, 0.25) is 0 Å². The van der Waals surface area contributed by atoms with Gasteiger partial charge in [-0.1, -0.05) is 0 Å². The van der Waals surface area contributed by atoms with Crippen molar-refractivity contribution in [3.8, 4) is 0 Å². The number of anilines is 1. The van der Waals surface area contributed by atoms with Crippen molar-refractivity contribution >= 4 is 43.5 Å². The van der Waals surface area contributed by atoms with Gasteiger partial charge in [-0.3, -0.25) is 4.79 Å². The molecule has 1 N–H and O–H groups in total. The predicted octanol–water partition coefficient (Wildman–Crippen LogP) is 5.22. The molecular weight excluding hydrogens is 389 g/mol. The summed E-state index contributed by atoms with van der Waals surface area (Å²) in [5, 5.41) is 2.83. The highest BCUT2D eigenvalue weighted by molar-refractivity contribution is 9.11. The van der Waals surface area contributed by atoms with Crippen molar-refractivity contribution in [3.05, 3.63) is 61.8 Å². The lowest BCUT2D eigenvalue weighted by Gasteiger charge is -2.12. The quantitative estimate of drug-likeness (QED) is 0.735. The van der Waals surface area contributed by atoms with Crippen molar-refractivity contribution in [2.75, 3.05) is 5.32 Å². The fraction of sp³-hybridized carbons (Fsp3) is 0.133. The van der Waals surface area contributed by atoms with Gasteiger partial charge in [-0.15, -0.1) is 0 Å². The van der Waals surface area contributed by atoms with Crippen LogP contribution in [0.15, 0.2) is 39.3 Å². The maximum atomic E-state index is 13.1. The zero-order valence-electron chi connectivity index (χ0n) is 10.9. The second kappa shape index (κ2) is 6.06. The minimum atomic E-state index is -0.350. The van der Waals surface area contributed by atoms with E-state index in [4.69, 9.17) is 0 Å². The van der Waals surface area contributed by atoms with E-state index in [9.17, 15) is 9.18 Å². The number of benzene rings is 2. The summed E-state index contributed by atoms with van der Waals surface area (Å²) >= 11 is 6.85. The van der Waals surface area contributed by atoms with E-state index in [1.54, 1.807) is 6.92 Å². The van der Waals surface area contributed by atoms with E-state index in [1.807, 2.05) is 19.1 Å². The number of amides is 1. The molecule has 1 amide bonds. The fourth-order valence-corrected chi connectivity index (χ4v) is 3.50. The molecule has 2 aromatic carbocycles. The number of rotatable bonds is 2. The number of hydrogen-bond acceptors (Lipinski definition) is 1. The lowest BCUT2D eigenvalue weighted by Crippen LogP contribution is -2.14. The standard InChI is InChI=1S/C15H12Br2FNO/c1-8-5-12(16)14(13(17)6-8)19-15(20)11-4-3-10(18)7-9(11)2/h3-7H,1-2H3,(H,19,20). The van der Waals surface area contributed by atoms with Crippen LogP contribution in [0.5, 0.6) is 0 Å². The van der Waals surface area contributed by atoms with Crippen LogP contribution >= 0.6 is 31.9 Å². The molecule has 0 aliphatic rings. The first-order valence-electron chi connectivity index (χ1n) is 5.91. The van der Waals surface area contributed by atoms with E-state index in [2.05, 4.69) is 37.2 Å². The fourth-order valence-electron chi connectivity index (χ4n) is 1.88. The first-order valence-corrected chi connectivity index (χ1v) is 7.50. The summed E-state index contributed by atoms with van der Waals surface area (Å²) in [4.78, 5) is 12.3. The Morgan fingerprint density at radius 2 is 1.70 bits per heavy atom. The molecule has 2 nitrogen and oxygen atoms in total. The van der Waals surface area contributed by atoms with Gasteiger partial charge in [-0.05, 0) is 87.2 Å². The number of carbonyl (C=O) groups excluding carboxylic acids is 1. The lowest BCUT2D eigenvalue weighted by atomic mass is 10.1. The molecule has 0 saturated carbocycles. The van der Waals surface area contributed by atoms with Gasteiger partial charge in [0.1, 0.15) is 5.82 Å². The molecule has 104 valence electrons. The average molecular weight is 401 g/mol. The highest BCUT2D eigenvalue weighted by Crippen LogP contribution is 2.32. The summed E-state index contributed by atoms with van der Waals surface area (Å²) < 4.78 is 14.6. The van der Waals surface area contributed by atoms with Crippen LogP contribution in [0.25, 0.3) is 0 Å². The number of carbonyl (C=O) groups is 1. The van der Waals surface area contributed by atoms with Crippen LogP contribution in [0.4, 0.5) is 10.1 Å². The highest BCUT2D eigenvalue weighted by atomic mass is 79.9. The Morgan fingerprint density at radius 3 is 2.25 bits per heavy atom. The number of nitrogens with one attached hydrogen (secondary N) is 1. The Kier molecular flexibility index (Phi) is 4.60. The molecule has 2 rings (SSSR count). The molecule has 0 unspecified atom stereocenters. The Hall–Kier alpha value is -1.20. The monoisotopic (exact) mass is 399 g/mol. The van der Waals surface area contributed by atoms with Crippen molar-refractivity contribution in [2.24, 2.45) is 0 Å². The van der Waals surface area contributed by atoms with Gasteiger partial charge in [-0.25, -0.2) is 4.39 Å². The van der Waals surface area contributed by atoms with Crippen LogP contribution in [0, 0.1) is 19.7 Å². The molecule has 0 radical (unpaired) electrons. The van der Waals surface area contributed by atoms with Crippen molar-refractivity contribution in [1.29, 1.82) is 0 Å². The van der Waals surface area contributed by atoms with Crippen LogP contribution in [-0.2, 0) is 0 Å². The minimum absolute atomic E-state index is 0.271. The number of hydrogen-bond donors (Lipinski definition) is 1. The molecule has 0 aliphatic heterocycles. The second-order valence-corrected chi connectivity index (χ2v) is 6.23. The molecule has 0 atom stereocenters. The molecule has 5 heteroatoms. The molecule has 20 heavy (non-hydrogen) atoms. The van der Waals surface area contributed by atoms with E-state index >= 15 is 0 Å². The van der Waals surface area contributed by atoms with Crippen LogP contribution in [0.2, 0.25) is 0 Å². The average Bonchev–Trinajstić information content (AvgIpc) is 2.33. The zero-order valence-corrected chi connectivity index (χ0v) is 14.1. The first-order chi connectivity index (χ1) is 9.38. The largest absolute Gasteiger partial charge is 0.320 e. The summed E-state index contributed by atoms with van der Waals surface area (Å²) in [6, 6.07) is 7.93. The van der Waals surface area contributed by atoms with Crippen molar-refractivity contribution in [3.63, 3.8) is 0 Å². The van der Waals surface area contributed by atoms with Crippen molar-refractivity contribution in [2.45, 2.75) is 13.8 Å².